The number of aromatic nitrogens is 4. The second kappa shape index (κ2) is 8.76. The van der Waals surface area contributed by atoms with Gasteiger partial charge in [-0.15, -0.1) is 11.3 Å². The topological polar surface area (TPSA) is 88.2 Å². The minimum absolute atomic E-state index is 0.158. The SMILES string of the molecule is COc1cccc(Cn2ncc3c4sc(COCCCC=O)nc4n(C)c3c2=O)c1. The molecule has 0 aliphatic heterocycles. The molecule has 8 nitrogen and oxygen atoms in total. The number of rotatable bonds is 9. The fourth-order valence-electron chi connectivity index (χ4n) is 3.38. The van der Waals surface area contributed by atoms with E-state index in [1.807, 2.05) is 35.9 Å². The number of hydrogen-bond donors (Lipinski definition) is 0. The molecule has 9 heteroatoms. The quantitative estimate of drug-likeness (QED) is 0.302. The third kappa shape index (κ3) is 3.86. The number of aryl methyl sites for hydroxylation is 1. The largest absolute Gasteiger partial charge is 0.497 e. The fourth-order valence-corrected chi connectivity index (χ4v) is 4.42. The summed E-state index contributed by atoms with van der Waals surface area (Å²) in [5, 5.41) is 6.02. The van der Waals surface area contributed by atoms with E-state index < -0.39 is 0 Å². The van der Waals surface area contributed by atoms with Crippen LogP contribution in [-0.4, -0.2) is 39.3 Å². The van der Waals surface area contributed by atoms with Crippen LogP contribution in [-0.2, 0) is 29.7 Å². The average molecular weight is 426 g/mol. The summed E-state index contributed by atoms with van der Waals surface area (Å²) in [5.41, 5.74) is 2.11. The molecule has 4 aromatic rings. The summed E-state index contributed by atoms with van der Waals surface area (Å²) in [6.07, 6.45) is 3.82. The maximum Gasteiger partial charge on any atom is 0.291 e. The zero-order valence-corrected chi connectivity index (χ0v) is 17.6. The lowest BCUT2D eigenvalue weighted by Crippen LogP contribution is -2.24. The lowest BCUT2D eigenvalue weighted by atomic mass is 10.2. The first kappa shape index (κ1) is 20.2. The summed E-state index contributed by atoms with van der Waals surface area (Å²) in [7, 11) is 3.46. The maximum absolute atomic E-state index is 13.1. The van der Waals surface area contributed by atoms with Crippen molar-refractivity contribution in [3.05, 3.63) is 51.4 Å². The van der Waals surface area contributed by atoms with E-state index in [-0.39, 0.29) is 5.56 Å². The van der Waals surface area contributed by atoms with Gasteiger partial charge in [-0.1, -0.05) is 12.1 Å². The Morgan fingerprint density at radius 1 is 1.30 bits per heavy atom. The summed E-state index contributed by atoms with van der Waals surface area (Å²) in [6.45, 7) is 1.27. The molecule has 3 heterocycles. The van der Waals surface area contributed by atoms with E-state index in [2.05, 4.69) is 10.1 Å². The number of thiazole rings is 1. The minimum atomic E-state index is -0.158. The van der Waals surface area contributed by atoms with Gasteiger partial charge >= 0.3 is 0 Å². The van der Waals surface area contributed by atoms with Crippen molar-refractivity contribution in [2.75, 3.05) is 13.7 Å². The van der Waals surface area contributed by atoms with Crippen molar-refractivity contribution < 1.29 is 14.3 Å². The number of fused-ring (bicyclic) bond motifs is 3. The zero-order valence-electron chi connectivity index (χ0n) is 16.8. The van der Waals surface area contributed by atoms with Crippen LogP contribution >= 0.6 is 11.3 Å². The Labute approximate surface area is 176 Å². The molecule has 0 N–H and O–H groups in total. The molecule has 0 unspecified atom stereocenters. The first-order valence-corrected chi connectivity index (χ1v) is 10.4. The van der Waals surface area contributed by atoms with E-state index in [0.717, 1.165) is 38.3 Å². The van der Waals surface area contributed by atoms with Crippen molar-refractivity contribution in [3.8, 4) is 5.75 Å². The van der Waals surface area contributed by atoms with Gasteiger partial charge in [0.25, 0.3) is 5.56 Å². The normalized spacial score (nSPS) is 11.4. The molecule has 1 aromatic carbocycles. The second-order valence-electron chi connectivity index (χ2n) is 6.90. The number of carbonyl (C=O) groups is 1. The smallest absolute Gasteiger partial charge is 0.291 e. The molecule has 0 atom stereocenters. The van der Waals surface area contributed by atoms with Crippen molar-refractivity contribution in [1.82, 2.24) is 19.3 Å². The summed E-state index contributed by atoms with van der Waals surface area (Å²) < 4.78 is 15.1. The van der Waals surface area contributed by atoms with E-state index in [0.29, 0.717) is 38.1 Å². The summed E-state index contributed by atoms with van der Waals surface area (Å²) in [5.74, 6) is 0.742. The van der Waals surface area contributed by atoms with Crippen LogP contribution in [0.3, 0.4) is 0 Å². The molecule has 3 aromatic heterocycles. The van der Waals surface area contributed by atoms with E-state index in [1.165, 1.54) is 16.0 Å². The molecule has 0 saturated heterocycles. The highest BCUT2D eigenvalue weighted by Crippen LogP contribution is 2.31. The van der Waals surface area contributed by atoms with Crippen molar-refractivity contribution >= 4 is 38.9 Å². The second-order valence-corrected chi connectivity index (χ2v) is 7.99. The van der Waals surface area contributed by atoms with Crippen molar-refractivity contribution in [2.24, 2.45) is 7.05 Å². The van der Waals surface area contributed by atoms with Gasteiger partial charge in [-0.05, 0) is 24.1 Å². The Morgan fingerprint density at radius 3 is 2.97 bits per heavy atom. The van der Waals surface area contributed by atoms with Gasteiger partial charge in [0.2, 0.25) is 0 Å². The molecule has 156 valence electrons. The molecule has 0 amide bonds. The van der Waals surface area contributed by atoms with E-state index in [9.17, 15) is 9.59 Å². The molecule has 0 fully saturated rings. The Balaban J connectivity index is 1.62. The van der Waals surface area contributed by atoms with Gasteiger partial charge in [0.15, 0.2) is 5.65 Å². The van der Waals surface area contributed by atoms with Crippen LogP contribution in [0.1, 0.15) is 23.4 Å². The Morgan fingerprint density at radius 2 is 2.17 bits per heavy atom. The van der Waals surface area contributed by atoms with Crippen LogP contribution < -0.4 is 10.3 Å². The Hall–Kier alpha value is -3.04. The molecule has 4 rings (SSSR count). The molecular formula is C21H22N4O4S. The van der Waals surface area contributed by atoms with Crippen LogP contribution in [0.5, 0.6) is 5.75 Å². The van der Waals surface area contributed by atoms with E-state index in [4.69, 9.17) is 9.47 Å². The van der Waals surface area contributed by atoms with Crippen LogP contribution in [0.2, 0.25) is 0 Å². The van der Waals surface area contributed by atoms with Crippen LogP contribution in [0, 0.1) is 0 Å². The van der Waals surface area contributed by atoms with Crippen LogP contribution in [0.15, 0.2) is 35.3 Å². The monoisotopic (exact) mass is 426 g/mol. The highest BCUT2D eigenvalue weighted by Gasteiger charge is 2.18. The molecule has 0 bridgehead atoms. The number of aldehydes is 1. The number of hydrogen-bond acceptors (Lipinski definition) is 7. The number of benzene rings is 1. The average Bonchev–Trinajstić information content (AvgIpc) is 3.28. The molecule has 0 aliphatic rings. The maximum atomic E-state index is 13.1. The number of nitrogens with zero attached hydrogens (tertiary/aromatic N) is 4. The van der Waals surface area contributed by atoms with Gasteiger partial charge in [0, 0.05) is 25.5 Å². The summed E-state index contributed by atoms with van der Waals surface area (Å²) >= 11 is 1.50. The predicted molar refractivity (Wildman–Crippen MR) is 115 cm³/mol. The lowest BCUT2D eigenvalue weighted by Gasteiger charge is -2.07. The highest BCUT2D eigenvalue weighted by atomic mass is 32.1. The highest BCUT2D eigenvalue weighted by molar-refractivity contribution is 7.19. The van der Waals surface area contributed by atoms with Gasteiger partial charge in [0.1, 0.15) is 22.6 Å². The fraction of sp³-hybridized carbons (Fsp3) is 0.333. The summed E-state index contributed by atoms with van der Waals surface area (Å²) in [4.78, 5) is 28.1. The van der Waals surface area contributed by atoms with Crippen LogP contribution in [0.25, 0.3) is 21.3 Å². The third-order valence-electron chi connectivity index (χ3n) is 4.87. The standard InChI is InChI=1S/C21H22N4O4S/c1-24-18-16(19-20(24)23-17(30-19)13-29-9-4-3-8-26)11-22-25(21(18)27)12-14-6-5-7-15(10-14)28-2/h5-8,10-11H,3-4,9,12-13H2,1-2H3. The minimum Gasteiger partial charge on any atom is -0.497 e. The molecular weight excluding hydrogens is 404 g/mol. The number of methoxy groups -OCH3 is 1. The molecule has 0 saturated carbocycles. The lowest BCUT2D eigenvalue weighted by molar-refractivity contribution is -0.108. The molecule has 0 aliphatic carbocycles. The first-order valence-electron chi connectivity index (χ1n) is 9.60. The van der Waals surface area contributed by atoms with Crippen molar-refractivity contribution in [2.45, 2.75) is 26.0 Å². The number of unbranched alkanes of at least 4 members (excludes halogenated alkanes) is 1. The van der Waals surface area contributed by atoms with Gasteiger partial charge in [-0.3, -0.25) is 4.79 Å². The number of ether oxygens (including phenoxy) is 2. The third-order valence-corrected chi connectivity index (χ3v) is 5.92. The molecule has 30 heavy (non-hydrogen) atoms. The van der Waals surface area contributed by atoms with Gasteiger partial charge in [0.05, 0.1) is 31.2 Å². The van der Waals surface area contributed by atoms with E-state index in [1.54, 1.807) is 13.3 Å². The van der Waals surface area contributed by atoms with Crippen LogP contribution in [0.4, 0.5) is 0 Å². The van der Waals surface area contributed by atoms with Gasteiger partial charge in [-0.25, -0.2) is 9.67 Å². The first-order chi connectivity index (χ1) is 14.6. The Kier molecular flexibility index (Phi) is 5.91. The number of carbonyl (C=O) groups excluding carboxylic acids is 1. The molecule has 0 radical (unpaired) electrons. The van der Waals surface area contributed by atoms with Crippen molar-refractivity contribution in [3.63, 3.8) is 0 Å². The van der Waals surface area contributed by atoms with Gasteiger partial charge < -0.3 is 18.8 Å². The molecule has 0 spiro atoms. The summed E-state index contributed by atoms with van der Waals surface area (Å²) in [6, 6.07) is 7.59. The van der Waals surface area contributed by atoms with E-state index >= 15 is 0 Å². The predicted octanol–water partition coefficient (Wildman–Crippen LogP) is 2.90. The Bertz CT molecular complexity index is 1260. The van der Waals surface area contributed by atoms with Gasteiger partial charge in [-0.2, -0.15) is 5.10 Å². The van der Waals surface area contributed by atoms with Crippen molar-refractivity contribution in [1.29, 1.82) is 0 Å². The zero-order chi connectivity index (χ0) is 21.1.